The van der Waals surface area contributed by atoms with Crippen LogP contribution in [-0.2, 0) is 0 Å². The summed E-state index contributed by atoms with van der Waals surface area (Å²) < 4.78 is 0. The van der Waals surface area contributed by atoms with Crippen molar-refractivity contribution >= 4 is 12.6 Å². The van der Waals surface area contributed by atoms with Gasteiger partial charge in [-0.05, 0) is 11.1 Å². The third-order valence-electron chi connectivity index (χ3n) is 3.13. The van der Waals surface area contributed by atoms with Gasteiger partial charge >= 0.3 is 0 Å². The monoisotopic (exact) mass is 270 g/mol. The summed E-state index contributed by atoms with van der Waals surface area (Å²) >= 11 is 0. The summed E-state index contributed by atoms with van der Waals surface area (Å²) in [4.78, 5) is 21.1. The van der Waals surface area contributed by atoms with E-state index in [0.717, 1.165) is 0 Å². The summed E-state index contributed by atoms with van der Waals surface area (Å²) in [6.45, 7) is 0. The molecule has 0 aromatic heterocycles. The molecule has 0 saturated heterocycles. The van der Waals surface area contributed by atoms with Crippen LogP contribution in [0, 0.1) is 0 Å². The molecule has 20 heavy (non-hydrogen) atoms. The molecule has 0 fully saturated rings. The van der Waals surface area contributed by atoms with Crippen molar-refractivity contribution in [1.29, 1.82) is 0 Å². The molecule has 0 radical (unpaired) electrons. The molecule has 0 spiro atoms. The van der Waals surface area contributed by atoms with Gasteiger partial charge in [0.1, 0.15) is 24.8 Å². The number of aldehydes is 2. The van der Waals surface area contributed by atoms with Crippen LogP contribution < -0.4 is 0 Å². The number of rotatable bonds is 5. The molecular weight excluding hydrogens is 256 g/mol. The Labute approximate surface area is 116 Å². The van der Waals surface area contributed by atoms with Crippen LogP contribution in [0.4, 0.5) is 0 Å². The molecule has 0 aliphatic carbocycles. The summed E-state index contributed by atoms with van der Waals surface area (Å²) in [7, 11) is 0. The molecule has 2 aromatic carbocycles. The van der Waals surface area contributed by atoms with Crippen LogP contribution in [0.5, 0.6) is 0 Å². The Hall–Kier alpha value is -2.30. The topological polar surface area (TPSA) is 74.6 Å². The van der Waals surface area contributed by atoms with Crippen molar-refractivity contribution in [2.75, 3.05) is 0 Å². The lowest BCUT2D eigenvalue weighted by atomic mass is 9.97. The highest BCUT2D eigenvalue weighted by Crippen LogP contribution is 2.28. The van der Waals surface area contributed by atoms with Crippen LogP contribution in [0.25, 0.3) is 0 Å². The number of benzene rings is 2. The van der Waals surface area contributed by atoms with E-state index in [9.17, 15) is 19.8 Å². The average molecular weight is 270 g/mol. The minimum absolute atomic E-state index is 0.505. The molecule has 4 nitrogen and oxygen atoms in total. The second kappa shape index (κ2) is 6.23. The van der Waals surface area contributed by atoms with Gasteiger partial charge in [-0.15, -0.1) is 0 Å². The first kappa shape index (κ1) is 14.1. The maximum Gasteiger partial charge on any atom is 0.150 e. The maximum absolute atomic E-state index is 10.6. The Balaban J connectivity index is 2.19. The lowest BCUT2D eigenvalue weighted by molar-refractivity contribution is 0.0172. The number of carbonyl (C=O) groups is 2. The Morgan fingerprint density at radius 1 is 0.650 bits per heavy atom. The van der Waals surface area contributed by atoms with E-state index in [2.05, 4.69) is 0 Å². The predicted molar refractivity (Wildman–Crippen MR) is 73.6 cm³/mol. The minimum atomic E-state index is -1.10. The van der Waals surface area contributed by atoms with E-state index < -0.39 is 12.2 Å². The molecule has 102 valence electrons. The van der Waals surface area contributed by atoms with Gasteiger partial charge in [0.15, 0.2) is 0 Å². The van der Waals surface area contributed by atoms with Crippen LogP contribution in [0.1, 0.15) is 44.1 Å². The van der Waals surface area contributed by atoms with E-state index in [4.69, 9.17) is 0 Å². The van der Waals surface area contributed by atoms with E-state index in [1.165, 1.54) is 0 Å². The van der Waals surface area contributed by atoms with Crippen molar-refractivity contribution < 1.29 is 19.8 Å². The molecule has 2 aromatic rings. The predicted octanol–water partition coefficient (Wildman–Crippen LogP) is 2.08. The van der Waals surface area contributed by atoms with Gasteiger partial charge in [0.25, 0.3) is 0 Å². The molecule has 0 aliphatic heterocycles. The molecule has 0 amide bonds. The van der Waals surface area contributed by atoms with Crippen molar-refractivity contribution in [3.05, 3.63) is 70.8 Å². The molecule has 2 atom stereocenters. The van der Waals surface area contributed by atoms with Gasteiger partial charge in [-0.25, -0.2) is 0 Å². The maximum atomic E-state index is 10.6. The summed E-state index contributed by atoms with van der Waals surface area (Å²) in [6.07, 6.45) is -0.772. The Bertz CT molecular complexity index is 531. The number of aliphatic hydroxyl groups is 2. The second-order valence-corrected chi connectivity index (χ2v) is 4.46. The fourth-order valence-corrected chi connectivity index (χ4v) is 1.91. The first-order valence-electron chi connectivity index (χ1n) is 6.12. The third-order valence-corrected chi connectivity index (χ3v) is 3.13. The van der Waals surface area contributed by atoms with E-state index in [1.54, 1.807) is 48.5 Å². The van der Waals surface area contributed by atoms with Gasteiger partial charge in [-0.1, -0.05) is 48.5 Å². The molecule has 0 saturated carbocycles. The first-order chi connectivity index (χ1) is 9.65. The van der Waals surface area contributed by atoms with Crippen molar-refractivity contribution in [3.63, 3.8) is 0 Å². The van der Waals surface area contributed by atoms with E-state index in [0.29, 0.717) is 34.8 Å². The zero-order valence-electron chi connectivity index (χ0n) is 10.6. The lowest BCUT2D eigenvalue weighted by Gasteiger charge is -2.18. The van der Waals surface area contributed by atoms with Gasteiger partial charge in [-0.2, -0.15) is 0 Å². The lowest BCUT2D eigenvalue weighted by Crippen LogP contribution is -2.10. The van der Waals surface area contributed by atoms with E-state index in [-0.39, 0.29) is 0 Å². The Morgan fingerprint density at radius 2 is 0.950 bits per heavy atom. The molecule has 0 heterocycles. The van der Waals surface area contributed by atoms with Crippen LogP contribution in [-0.4, -0.2) is 22.8 Å². The van der Waals surface area contributed by atoms with Gasteiger partial charge in [0.2, 0.25) is 0 Å². The van der Waals surface area contributed by atoms with Crippen LogP contribution in [0.3, 0.4) is 0 Å². The largest absolute Gasteiger partial charge is 0.385 e. The van der Waals surface area contributed by atoms with Crippen LogP contribution >= 0.6 is 0 Å². The van der Waals surface area contributed by atoms with Crippen LogP contribution in [0.2, 0.25) is 0 Å². The quantitative estimate of drug-likeness (QED) is 0.816. The first-order valence-corrected chi connectivity index (χ1v) is 6.12. The van der Waals surface area contributed by atoms with Gasteiger partial charge in [0.05, 0.1) is 0 Å². The SMILES string of the molecule is O=Cc1ccc(C(O)C(O)c2ccc(C=O)cc2)cc1. The van der Waals surface area contributed by atoms with Crippen molar-refractivity contribution in [2.45, 2.75) is 12.2 Å². The molecular formula is C16H14O4. The molecule has 4 heteroatoms. The van der Waals surface area contributed by atoms with Crippen LogP contribution in [0.15, 0.2) is 48.5 Å². The van der Waals surface area contributed by atoms with Crippen molar-refractivity contribution in [1.82, 2.24) is 0 Å². The normalized spacial score (nSPS) is 13.5. The molecule has 2 N–H and O–H groups in total. The number of carbonyl (C=O) groups excluding carboxylic acids is 2. The van der Waals surface area contributed by atoms with E-state index >= 15 is 0 Å². The van der Waals surface area contributed by atoms with E-state index in [1.807, 2.05) is 0 Å². The highest BCUT2D eigenvalue weighted by molar-refractivity contribution is 5.75. The summed E-state index contributed by atoms with van der Waals surface area (Å²) in [5, 5.41) is 20.2. The zero-order chi connectivity index (χ0) is 14.5. The molecule has 2 rings (SSSR count). The number of aliphatic hydroxyl groups excluding tert-OH is 2. The number of hydrogen-bond donors (Lipinski definition) is 2. The van der Waals surface area contributed by atoms with Crippen molar-refractivity contribution in [2.24, 2.45) is 0 Å². The fourth-order valence-electron chi connectivity index (χ4n) is 1.91. The third kappa shape index (κ3) is 2.99. The van der Waals surface area contributed by atoms with Gasteiger partial charge < -0.3 is 10.2 Å². The number of hydrogen-bond acceptors (Lipinski definition) is 4. The Morgan fingerprint density at radius 3 is 1.20 bits per heavy atom. The van der Waals surface area contributed by atoms with Crippen molar-refractivity contribution in [3.8, 4) is 0 Å². The highest BCUT2D eigenvalue weighted by atomic mass is 16.3. The van der Waals surface area contributed by atoms with Gasteiger partial charge in [-0.3, -0.25) is 9.59 Å². The zero-order valence-corrected chi connectivity index (χ0v) is 10.6. The minimum Gasteiger partial charge on any atom is -0.385 e. The summed E-state index contributed by atoms with van der Waals surface area (Å²) in [5.41, 5.74) is 2.04. The summed E-state index contributed by atoms with van der Waals surface area (Å²) in [6, 6.07) is 12.7. The van der Waals surface area contributed by atoms with Gasteiger partial charge in [0, 0.05) is 11.1 Å². The molecule has 0 bridgehead atoms. The highest BCUT2D eigenvalue weighted by Gasteiger charge is 2.20. The summed E-state index contributed by atoms with van der Waals surface area (Å²) in [5.74, 6) is 0. The molecule has 0 aliphatic rings. The second-order valence-electron chi connectivity index (χ2n) is 4.46. The Kier molecular flexibility index (Phi) is 4.40. The standard InChI is InChI=1S/C16H14O4/c17-9-11-1-5-13(6-2-11)15(19)16(20)14-7-3-12(10-18)4-8-14/h1-10,15-16,19-20H. The molecule has 2 unspecified atom stereocenters. The average Bonchev–Trinajstić information content (AvgIpc) is 2.53. The smallest absolute Gasteiger partial charge is 0.150 e. The fraction of sp³-hybridized carbons (Fsp3) is 0.125.